The lowest BCUT2D eigenvalue weighted by molar-refractivity contribution is -0.120. The van der Waals surface area contributed by atoms with Gasteiger partial charge in [0, 0.05) is 16.2 Å². The van der Waals surface area contributed by atoms with E-state index in [0.29, 0.717) is 5.56 Å². The first-order chi connectivity index (χ1) is 14.6. The maximum absolute atomic E-state index is 13.6. The first-order valence-electron chi connectivity index (χ1n) is 9.75. The number of carbonyl (C=O) groups excluding carboxylic acids is 2. The van der Waals surface area contributed by atoms with Crippen LogP contribution >= 0.6 is 11.8 Å². The molecule has 152 valence electrons. The third kappa shape index (κ3) is 4.71. The molecule has 4 rings (SSSR count). The van der Waals surface area contributed by atoms with Crippen molar-refractivity contribution in [1.29, 1.82) is 0 Å². The monoisotopic (exact) mass is 420 g/mol. The van der Waals surface area contributed by atoms with E-state index in [1.807, 2.05) is 42.5 Å². The van der Waals surface area contributed by atoms with E-state index < -0.39 is 0 Å². The molecular formula is C24H21FN2O2S. The van der Waals surface area contributed by atoms with Crippen LogP contribution in [0.4, 0.5) is 4.39 Å². The van der Waals surface area contributed by atoms with Crippen molar-refractivity contribution in [3.63, 3.8) is 0 Å². The van der Waals surface area contributed by atoms with E-state index in [2.05, 4.69) is 10.6 Å². The number of thioether (sulfide) groups is 1. The average molecular weight is 421 g/mol. The highest BCUT2D eigenvalue weighted by Crippen LogP contribution is 2.36. The van der Waals surface area contributed by atoms with Gasteiger partial charge in [-0.25, -0.2) is 4.39 Å². The molecule has 2 amide bonds. The van der Waals surface area contributed by atoms with E-state index in [-0.39, 0.29) is 30.2 Å². The van der Waals surface area contributed by atoms with Crippen molar-refractivity contribution < 1.29 is 14.0 Å². The lowest BCUT2D eigenvalue weighted by Gasteiger charge is -2.26. The van der Waals surface area contributed by atoms with Gasteiger partial charge in [0.25, 0.3) is 5.91 Å². The fourth-order valence-corrected chi connectivity index (χ4v) is 4.57. The van der Waals surface area contributed by atoms with Gasteiger partial charge in [-0.05, 0) is 53.4 Å². The molecule has 0 spiro atoms. The van der Waals surface area contributed by atoms with E-state index in [9.17, 15) is 14.0 Å². The summed E-state index contributed by atoms with van der Waals surface area (Å²) in [7, 11) is 0. The van der Waals surface area contributed by atoms with Crippen molar-refractivity contribution in [3.05, 3.63) is 89.7 Å². The zero-order chi connectivity index (χ0) is 20.9. The Hall–Kier alpha value is -3.12. The van der Waals surface area contributed by atoms with Crippen LogP contribution in [0.5, 0.6) is 0 Å². The number of rotatable bonds is 5. The number of carbonyl (C=O) groups is 2. The molecule has 4 nitrogen and oxygen atoms in total. The van der Waals surface area contributed by atoms with Crippen molar-refractivity contribution in [1.82, 2.24) is 10.6 Å². The molecule has 1 aliphatic heterocycles. The predicted molar refractivity (Wildman–Crippen MR) is 117 cm³/mol. The molecule has 1 atom stereocenters. The molecule has 0 bridgehead atoms. The van der Waals surface area contributed by atoms with Crippen LogP contribution in [-0.2, 0) is 4.79 Å². The van der Waals surface area contributed by atoms with E-state index in [1.165, 1.54) is 12.1 Å². The Labute approximate surface area is 178 Å². The molecule has 0 radical (unpaired) electrons. The molecule has 6 heteroatoms. The third-order valence-corrected chi connectivity index (χ3v) is 6.13. The first kappa shape index (κ1) is 20.2. The summed E-state index contributed by atoms with van der Waals surface area (Å²) < 4.78 is 13.6. The molecule has 1 heterocycles. The summed E-state index contributed by atoms with van der Waals surface area (Å²) in [6, 6.07) is 21.6. The summed E-state index contributed by atoms with van der Waals surface area (Å²) in [6.45, 7) is -0.131. The largest absolute Gasteiger partial charge is 0.348 e. The second-order valence-electron chi connectivity index (χ2n) is 7.07. The molecule has 0 aliphatic carbocycles. The van der Waals surface area contributed by atoms with Gasteiger partial charge in [-0.15, -0.1) is 11.8 Å². The number of fused-ring (bicyclic) bond motifs is 1. The standard InChI is InChI=1S/C24H21FN2O2S/c25-19-10-11-22-20(14-19)21(12-13-30-22)27-23(28)15-26-24(29)18-8-6-17(7-9-18)16-4-2-1-3-5-16/h1-11,14,21H,12-13,15H2,(H,26,29)(H,27,28). The SMILES string of the molecule is O=C(CNC(=O)c1ccc(-c2ccccc2)cc1)NC1CCSc2ccc(F)cc21. The molecule has 0 aromatic heterocycles. The van der Waals surface area contributed by atoms with Gasteiger partial charge in [0.05, 0.1) is 12.6 Å². The highest BCUT2D eigenvalue weighted by atomic mass is 32.2. The third-order valence-electron chi connectivity index (χ3n) is 5.01. The molecule has 0 fully saturated rings. The van der Waals surface area contributed by atoms with Gasteiger partial charge >= 0.3 is 0 Å². The van der Waals surface area contributed by atoms with Gasteiger partial charge < -0.3 is 10.6 Å². The van der Waals surface area contributed by atoms with Crippen LogP contribution in [0.2, 0.25) is 0 Å². The van der Waals surface area contributed by atoms with Crippen molar-refractivity contribution >= 4 is 23.6 Å². The summed E-state index contributed by atoms with van der Waals surface area (Å²) in [5, 5.41) is 5.56. The summed E-state index contributed by atoms with van der Waals surface area (Å²) in [5.41, 5.74) is 3.38. The molecule has 3 aromatic carbocycles. The number of benzene rings is 3. The Morgan fingerprint density at radius 3 is 2.47 bits per heavy atom. The number of hydrogen-bond acceptors (Lipinski definition) is 3. The molecule has 0 saturated heterocycles. The smallest absolute Gasteiger partial charge is 0.251 e. The van der Waals surface area contributed by atoms with Crippen LogP contribution in [0, 0.1) is 5.82 Å². The Bertz CT molecular complexity index is 1050. The van der Waals surface area contributed by atoms with Crippen LogP contribution in [0.3, 0.4) is 0 Å². The van der Waals surface area contributed by atoms with Gasteiger partial charge in [0.1, 0.15) is 5.82 Å². The number of hydrogen-bond donors (Lipinski definition) is 2. The Kier molecular flexibility index (Phi) is 6.14. The summed E-state index contributed by atoms with van der Waals surface area (Å²) in [6.07, 6.45) is 0.724. The minimum atomic E-state index is -0.317. The molecule has 2 N–H and O–H groups in total. The zero-order valence-corrected chi connectivity index (χ0v) is 17.0. The normalized spacial score (nSPS) is 15.2. The average Bonchev–Trinajstić information content (AvgIpc) is 2.78. The second kappa shape index (κ2) is 9.13. The van der Waals surface area contributed by atoms with Crippen LogP contribution in [0.1, 0.15) is 28.4 Å². The van der Waals surface area contributed by atoms with Crippen LogP contribution in [0.15, 0.2) is 77.7 Å². The van der Waals surface area contributed by atoms with Crippen LogP contribution in [0.25, 0.3) is 11.1 Å². The molecule has 30 heavy (non-hydrogen) atoms. The summed E-state index contributed by atoms with van der Waals surface area (Å²) >= 11 is 1.66. The zero-order valence-electron chi connectivity index (χ0n) is 16.2. The number of halogens is 1. The summed E-state index contributed by atoms with van der Waals surface area (Å²) in [4.78, 5) is 25.7. The van der Waals surface area contributed by atoms with Gasteiger partial charge in [-0.2, -0.15) is 0 Å². The lowest BCUT2D eigenvalue weighted by atomic mass is 10.0. The van der Waals surface area contributed by atoms with E-state index in [0.717, 1.165) is 33.8 Å². The highest BCUT2D eigenvalue weighted by molar-refractivity contribution is 7.99. The fourth-order valence-electron chi connectivity index (χ4n) is 3.47. The molecule has 1 unspecified atom stereocenters. The van der Waals surface area contributed by atoms with Crippen LogP contribution in [-0.4, -0.2) is 24.1 Å². The Balaban J connectivity index is 1.33. The van der Waals surface area contributed by atoms with Gasteiger partial charge in [-0.1, -0.05) is 42.5 Å². The van der Waals surface area contributed by atoms with Crippen LogP contribution < -0.4 is 10.6 Å². The maximum Gasteiger partial charge on any atom is 0.251 e. The van der Waals surface area contributed by atoms with E-state index in [4.69, 9.17) is 0 Å². The minimum absolute atomic E-state index is 0.131. The maximum atomic E-state index is 13.6. The fraction of sp³-hybridized carbons (Fsp3) is 0.167. The van der Waals surface area contributed by atoms with Crippen molar-refractivity contribution in [2.45, 2.75) is 17.4 Å². The minimum Gasteiger partial charge on any atom is -0.348 e. The first-order valence-corrected chi connectivity index (χ1v) is 10.7. The Morgan fingerprint density at radius 1 is 0.967 bits per heavy atom. The molecule has 3 aromatic rings. The van der Waals surface area contributed by atoms with E-state index >= 15 is 0 Å². The Morgan fingerprint density at radius 2 is 1.70 bits per heavy atom. The van der Waals surface area contributed by atoms with Gasteiger partial charge in [0.15, 0.2) is 0 Å². The summed E-state index contributed by atoms with van der Waals surface area (Å²) in [5.74, 6) is -0.0708. The number of nitrogens with one attached hydrogen (secondary N) is 2. The number of amides is 2. The highest BCUT2D eigenvalue weighted by Gasteiger charge is 2.23. The predicted octanol–water partition coefficient (Wildman–Crippen LogP) is 4.58. The molecular weight excluding hydrogens is 399 g/mol. The molecule has 1 aliphatic rings. The lowest BCUT2D eigenvalue weighted by Crippen LogP contribution is -2.39. The van der Waals surface area contributed by atoms with Crippen molar-refractivity contribution in [2.24, 2.45) is 0 Å². The second-order valence-corrected chi connectivity index (χ2v) is 8.20. The van der Waals surface area contributed by atoms with Crippen molar-refractivity contribution in [2.75, 3.05) is 12.3 Å². The van der Waals surface area contributed by atoms with Gasteiger partial charge in [0.2, 0.25) is 5.91 Å². The quantitative estimate of drug-likeness (QED) is 0.635. The molecule has 0 saturated carbocycles. The topological polar surface area (TPSA) is 58.2 Å². The van der Waals surface area contributed by atoms with E-state index in [1.54, 1.807) is 30.0 Å². The van der Waals surface area contributed by atoms with Crippen molar-refractivity contribution in [3.8, 4) is 11.1 Å². The van der Waals surface area contributed by atoms with Gasteiger partial charge in [-0.3, -0.25) is 9.59 Å².